The molecule has 2 N–H and O–H groups in total. The zero-order valence-electron chi connectivity index (χ0n) is 10.8. The summed E-state index contributed by atoms with van der Waals surface area (Å²) in [4.78, 5) is 15.6. The molecule has 1 heterocycles. The summed E-state index contributed by atoms with van der Waals surface area (Å²) in [6.45, 7) is 6.00. The Balaban J connectivity index is 2.89. The second kappa shape index (κ2) is 5.91. The molecule has 0 aliphatic heterocycles. The van der Waals surface area contributed by atoms with Crippen LogP contribution in [0.25, 0.3) is 0 Å². The molecule has 0 unspecified atom stereocenters. The van der Waals surface area contributed by atoms with Gasteiger partial charge in [0.15, 0.2) is 0 Å². The smallest absolute Gasteiger partial charge is 0.341 e. The number of carbonyl (C=O) groups excluding carboxylic acids is 1. The van der Waals surface area contributed by atoms with Gasteiger partial charge in [0.1, 0.15) is 5.15 Å². The fourth-order valence-electron chi connectivity index (χ4n) is 1.35. The first kappa shape index (κ1) is 14.6. The van der Waals surface area contributed by atoms with Gasteiger partial charge in [-0.15, -0.1) is 0 Å². The van der Waals surface area contributed by atoms with Crippen molar-refractivity contribution in [2.45, 2.75) is 39.2 Å². The van der Waals surface area contributed by atoms with Gasteiger partial charge in [-0.05, 0) is 25.8 Å². The summed E-state index contributed by atoms with van der Waals surface area (Å²) in [5.41, 5.74) is -0.254. The molecule has 2 amide bonds. The molecule has 0 fully saturated rings. The van der Waals surface area contributed by atoms with E-state index in [2.05, 4.69) is 10.3 Å². The minimum Gasteiger partial charge on any atom is -0.428 e. The van der Waals surface area contributed by atoms with E-state index in [1.165, 1.54) is 18.3 Å². The van der Waals surface area contributed by atoms with Gasteiger partial charge < -0.3 is 10.5 Å². The standard InChI is InChI=1S/C12H18ClN3O2/c1-4-12(3,5-2)15-11(17)14-9-6-7-16(18)10(13)8-9/h6-8,18H,4-5H2,1-3H3,(H,15,17)/b14-9+. The zero-order chi connectivity index (χ0) is 13.8. The summed E-state index contributed by atoms with van der Waals surface area (Å²) in [6.07, 6.45) is 2.99. The highest BCUT2D eigenvalue weighted by molar-refractivity contribution is 6.29. The summed E-state index contributed by atoms with van der Waals surface area (Å²) < 4.78 is 0.751. The van der Waals surface area contributed by atoms with E-state index in [0.29, 0.717) is 5.36 Å². The molecule has 5 nitrogen and oxygen atoms in total. The fourth-order valence-corrected chi connectivity index (χ4v) is 1.52. The van der Waals surface area contributed by atoms with Gasteiger partial charge in [0, 0.05) is 17.8 Å². The maximum Gasteiger partial charge on any atom is 0.341 e. The predicted molar refractivity (Wildman–Crippen MR) is 69.7 cm³/mol. The monoisotopic (exact) mass is 271 g/mol. The van der Waals surface area contributed by atoms with E-state index in [-0.39, 0.29) is 10.7 Å². The Morgan fingerprint density at radius 2 is 2.17 bits per heavy atom. The van der Waals surface area contributed by atoms with Crippen LogP contribution < -0.4 is 10.7 Å². The normalized spacial score (nSPS) is 12.6. The Morgan fingerprint density at radius 1 is 1.56 bits per heavy atom. The highest BCUT2D eigenvalue weighted by Gasteiger charge is 2.21. The highest BCUT2D eigenvalue weighted by Crippen LogP contribution is 2.13. The Labute approximate surface area is 111 Å². The van der Waals surface area contributed by atoms with Gasteiger partial charge in [-0.1, -0.05) is 25.4 Å². The third-order valence-electron chi connectivity index (χ3n) is 3.07. The number of halogens is 1. The third-order valence-corrected chi connectivity index (χ3v) is 3.35. The van der Waals surface area contributed by atoms with E-state index in [1.807, 2.05) is 20.8 Å². The Bertz CT molecular complexity index is 492. The number of hydrogen-bond acceptors (Lipinski definition) is 2. The number of hydrogen-bond donors (Lipinski definition) is 2. The second-order valence-corrected chi connectivity index (χ2v) is 4.75. The molecule has 0 aromatic carbocycles. The van der Waals surface area contributed by atoms with Crippen LogP contribution in [-0.2, 0) is 0 Å². The number of pyridine rings is 1. The van der Waals surface area contributed by atoms with Crippen LogP contribution in [0.3, 0.4) is 0 Å². The number of carbonyl (C=O) groups is 1. The molecule has 0 atom stereocenters. The van der Waals surface area contributed by atoms with Gasteiger partial charge in [-0.25, -0.2) is 4.79 Å². The van der Waals surface area contributed by atoms with Crippen LogP contribution in [0.2, 0.25) is 5.15 Å². The van der Waals surface area contributed by atoms with Crippen LogP contribution in [0.5, 0.6) is 0 Å². The lowest BCUT2D eigenvalue weighted by molar-refractivity contribution is 0.185. The lowest BCUT2D eigenvalue weighted by Gasteiger charge is -2.26. The largest absolute Gasteiger partial charge is 0.428 e. The molecular formula is C12H18ClN3O2. The molecule has 0 spiro atoms. The second-order valence-electron chi connectivity index (χ2n) is 4.36. The molecule has 0 bridgehead atoms. The van der Waals surface area contributed by atoms with Crippen molar-refractivity contribution in [3.8, 4) is 0 Å². The number of amides is 2. The van der Waals surface area contributed by atoms with Crippen molar-refractivity contribution in [1.82, 2.24) is 10.0 Å². The molecule has 100 valence electrons. The quantitative estimate of drug-likeness (QED) is 0.655. The Kier molecular flexibility index (Phi) is 4.78. The molecule has 0 aliphatic rings. The van der Waals surface area contributed by atoms with Crippen molar-refractivity contribution in [1.29, 1.82) is 0 Å². The first-order valence-electron chi connectivity index (χ1n) is 5.84. The van der Waals surface area contributed by atoms with Crippen LogP contribution in [0, 0.1) is 0 Å². The van der Waals surface area contributed by atoms with E-state index in [4.69, 9.17) is 11.6 Å². The lowest BCUT2D eigenvalue weighted by atomic mass is 9.96. The summed E-state index contributed by atoms with van der Waals surface area (Å²) in [6, 6.07) is 2.50. The zero-order valence-corrected chi connectivity index (χ0v) is 11.5. The first-order valence-corrected chi connectivity index (χ1v) is 6.22. The summed E-state index contributed by atoms with van der Waals surface area (Å²) in [7, 11) is 0. The van der Waals surface area contributed by atoms with Crippen LogP contribution in [0.1, 0.15) is 33.6 Å². The molecule has 0 aliphatic carbocycles. The van der Waals surface area contributed by atoms with Gasteiger partial charge in [0.2, 0.25) is 0 Å². The third kappa shape index (κ3) is 3.77. The van der Waals surface area contributed by atoms with Crippen molar-refractivity contribution >= 4 is 17.6 Å². The Morgan fingerprint density at radius 3 is 2.67 bits per heavy atom. The minimum atomic E-state index is -0.409. The summed E-state index contributed by atoms with van der Waals surface area (Å²) >= 11 is 5.71. The molecule has 0 saturated carbocycles. The summed E-state index contributed by atoms with van der Waals surface area (Å²) in [5.74, 6) is 0. The van der Waals surface area contributed by atoms with E-state index < -0.39 is 6.03 Å². The average molecular weight is 272 g/mol. The maximum absolute atomic E-state index is 11.8. The van der Waals surface area contributed by atoms with Gasteiger partial charge >= 0.3 is 6.03 Å². The van der Waals surface area contributed by atoms with Crippen LogP contribution in [0.15, 0.2) is 23.3 Å². The van der Waals surface area contributed by atoms with Crippen LogP contribution in [0.4, 0.5) is 4.79 Å². The highest BCUT2D eigenvalue weighted by atomic mass is 35.5. The fraction of sp³-hybridized carbons (Fsp3) is 0.500. The van der Waals surface area contributed by atoms with Crippen LogP contribution >= 0.6 is 11.6 Å². The molecular weight excluding hydrogens is 254 g/mol. The number of nitrogens with one attached hydrogen (secondary N) is 1. The molecule has 1 aromatic rings. The number of rotatable bonds is 3. The summed E-state index contributed by atoms with van der Waals surface area (Å²) in [5, 5.41) is 12.5. The Hall–Kier alpha value is -1.49. The van der Waals surface area contributed by atoms with Crippen molar-refractivity contribution in [3.63, 3.8) is 0 Å². The van der Waals surface area contributed by atoms with Crippen molar-refractivity contribution in [2.24, 2.45) is 4.99 Å². The molecule has 6 heteroatoms. The molecule has 1 aromatic heterocycles. The van der Waals surface area contributed by atoms with Gasteiger partial charge in [-0.2, -0.15) is 9.72 Å². The topological polar surface area (TPSA) is 66.6 Å². The van der Waals surface area contributed by atoms with E-state index in [9.17, 15) is 10.0 Å². The molecule has 1 rings (SSSR count). The van der Waals surface area contributed by atoms with E-state index in [0.717, 1.165) is 17.6 Å². The predicted octanol–water partition coefficient (Wildman–Crippen LogP) is 2.57. The molecule has 0 radical (unpaired) electrons. The molecule has 0 saturated heterocycles. The molecule has 18 heavy (non-hydrogen) atoms. The number of nitrogens with zero attached hydrogens (tertiary/aromatic N) is 2. The van der Waals surface area contributed by atoms with Crippen molar-refractivity contribution in [3.05, 3.63) is 28.8 Å². The van der Waals surface area contributed by atoms with Gasteiger partial charge in [0.25, 0.3) is 0 Å². The van der Waals surface area contributed by atoms with E-state index in [1.54, 1.807) is 0 Å². The SMILES string of the molecule is CCC(C)(CC)NC(=O)/N=c1\ccn(O)c(Cl)c1. The van der Waals surface area contributed by atoms with Crippen molar-refractivity contribution < 1.29 is 10.0 Å². The first-order chi connectivity index (χ1) is 8.40. The average Bonchev–Trinajstić information content (AvgIpc) is 2.33. The lowest BCUT2D eigenvalue weighted by Crippen LogP contribution is -2.44. The minimum absolute atomic E-state index is 0.0952. The number of aromatic nitrogens is 1. The van der Waals surface area contributed by atoms with E-state index >= 15 is 0 Å². The van der Waals surface area contributed by atoms with Crippen LogP contribution in [-0.4, -0.2) is 21.5 Å². The van der Waals surface area contributed by atoms with Gasteiger partial charge in [-0.3, -0.25) is 0 Å². The number of urea groups is 1. The maximum atomic E-state index is 11.8. The van der Waals surface area contributed by atoms with Gasteiger partial charge in [0.05, 0.1) is 5.36 Å². The van der Waals surface area contributed by atoms with Crippen molar-refractivity contribution in [2.75, 3.05) is 0 Å².